The molecule has 4 rings (SSSR count). The normalized spacial score (nSPS) is 14.7. The quantitative estimate of drug-likeness (QED) is 0.625. The van der Waals surface area contributed by atoms with Gasteiger partial charge in [-0.1, -0.05) is 48.8 Å². The molecule has 3 heterocycles. The number of anilines is 1. The van der Waals surface area contributed by atoms with Crippen LogP contribution in [0.15, 0.2) is 47.1 Å². The number of carbonyl (C=O) groups excluding carboxylic acids is 1. The van der Waals surface area contributed by atoms with Gasteiger partial charge < -0.3 is 14.3 Å². The van der Waals surface area contributed by atoms with Crippen LogP contribution in [0.4, 0.5) is 5.82 Å². The molecule has 162 valence electrons. The lowest BCUT2D eigenvalue weighted by Gasteiger charge is -2.24. The van der Waals surface area contributed by atoms with E-state index >= 15 is 0 Å². The molecular formula is C24H29N5O2. The molecule has 7 nitrogen and oxygen atoms in total. The van der Waals surface area contributed by atoms with Crippen LogP contribution in [0.1, 0.15) is 43.1 Å². The molecule has 1 aromatic carbocycles. The number of amides is 1. The number of aryl methyl sites for hydroxylation is 1. The Bertz CT molecular complexity index is 1030. The Morgan fingerprint density at radius 1 is 1.10 bits per heavy atom. The van der Waals surface area contributed by atoms with Crippen molar-refractivity contribution in [1.29, 1.82) is 0 Å². The highest BCUT2D eigenvalue weighted by Gasteiger charge is 2.23. The average molecular weight is 420 g/mol. The Hall–Kier alpha value is -3.22. The van der Waals surface area contributed by atoms with Crippen molar-refractivity contribution in [3.05, 3.63) is 59.5 Å². The van der Waals surface area contributed by atoms with E-state index in [4.69, 9.17) is 4.52 Å². The molecule has 7 heteroatoms. The first-order chi connectivity index (χ1) is 15.0. The van der Waals surface area contributed by atoms with Gasteiger partial charge in [-0.15, -0.1) is 0 Å². The maximum Gasteiger partial charge on any atom is 0.261 e. The molecule has 0 spiro atoms. The smallest absolute Gasteiger partial charge is 0.261 e. The summed E-state index contributed by atoms with van der Waals surface area (Å²) >= 11 is 0. The molecule has 0 N–H and O–H groups in total. The van der Waals surface area contributed by atoms with Gasteiger partial charge >= 0.3 is 0 Å². The number of hydrogen-bond donors (Lipinski definition) is 0. The molecule has 1 aliphatic heterocycles. The Labute approximate surface area is 183 Å². The number of carbonyl (C=O) groups is 1. The van der Waals surface area contributed by atoms with Gasteiger partial charge in [-0.3, -0.25) is 4.79 Å². The van der Waals surface area contributed by atoms with Gasteiger partial charge in [0.1, 0.15) is 5.82 Å². The summed E-state index contributed by atoms with van der Waals surface area (Å²) in [5.74, 6) is 2.38. The van der Waals surface area contributed by atoms with Crippen LogP contribution in [-0.2, 0) is 11.2 Å². The summed E-state index contributed by atoms with van der Waals surface area (Å²) in [4.78, 5) is 26.2. The van der Waals surface area contributed by atoms with Crippen LogP contribution >= 0.6 is 0 Å². The predicted molar refractivity (Wildman–Crippen MR) is 120 cm³/mol. The molecule has 0 radical (unpaired) electrons. The van der Waals surface area contributed by atoms with Gasteiger partial charge in [0, 0.05) is 38.3 Å². The van der Waals surface area contributed by atoms with E-state index in [9.17, 15) is 4.79 Å². The maximum absolute atomic E-state index is 12.9. The zero-order chi connectivity index (χ0) is 21.8. The second-order valence-corrected chi connectivity index (χ2v) is 8.37. The van der Waals surface area contributed by atoms with Crippen molar-refractivity contribution in [2.75, 3.05) is 31.1 Å². The topological polar surface area (TPSA) is 75.4 Å². The lowest BCUT2D eigenvalue weighted by Crippen LogP contribution is -2.36. The van der Waals surface area contributed by atoms with Gasteiger partial charge in [-0.2, -0.15) is 4.98 Å². The van der Waals surface area contributed by atoms with Crippen molar-refractivity contribution in [3.63, 3.8) is 0 Å². The van der Waals surface area contributed by atoms with Crippen LogP contribution < -0.4 is 4.90 Å². The number of hydrogen-bond acceptors (Lipinski definition) is 6. The molecule has 0 saturated carbocycles. The van der Waals surface area contributed by atoms with E-state index in [2.05, 4.69) is 39.1 Å². The fraction of sp³-hybridized carbons (Fsp3) is 0.417. The van der Waals surface area contributed by atoms with Crippen molar-refractivity contribution in [2.24, 2.45) is 0 Å². The minimum atomic E-state index is 0.172. The van der Waals surface area contributed by atoms with Crippen LogP contribution in [0.2, 0.25) is 0 Å². The third-order valence-corrected chi connectivity index (χ3v) is 5.60. The highest BCUT2D eigenvalue weighted by Crippen LogP contribution is 2.29. The number of benzene rings is 1. The standard InChI is InChI=1S/C24H29N5O2/c1-17(2)22-26-24(31-27-22)20-6-4-11-25-23(20)29-13-5-12-28(14-15-29)21(30)16-19-9-7-18(3)8-10-19/h4,6-11,17H,5,12-16H2,1-3H3. The van der Waals surface area contributed by atoms with E-state index in [1.807, 2.05) is 43.0 Å². The van der Waals surface area contributed by atoms with Gasteiger partial charge in [0.05, 0.1) is 12.0 Å². The fourth-order valence-corrected chi connectivity index (χ4v) is 3.77. The van der Waals surface area contributed by atoms with Gasteiger partial charge in [-0.05, 0) is 31.0 Å². The number of aromatic nitrogens is 3. The van der Waals surface area contributed by atoms with E-state index in [1.165, 1.54) is 5.56 Å². The van der Waals surface area contributed by atoms with E-state index in [0.717, 1.165) is 43.0 Å². The molecule has 2 aromatic heterocycles. The molecule has 0 unspecified atom stereocenters. The van der Waals surface area contributed by atoms with Crippen molar-refractivity contribution < 1.29 is 9.32 Å². The summed E-state index contributed by atoms with van der Waals surface area (Å²) in [5.41, 5.74) is 3.09. The monoisotopic (exact) mass is 419 g/mol. The molecule has 0 bridgehead atoms. The minimum Gasteiger partial charge on any atom is -0.354 e. The number of rotatable bonds is 5. The Morgan fingerprint density at radius 3 is 2.65 bits per heavy atom. The summed E-state index contributed by atoms with van der Waals surface area (Å²) in [5, 5.41) is 4.09. The first kappa shape index (κ1) is 21.0. The molecule has 3 aromatic rings. The summed E-state index contributed by atoms with van der Waals surface area (Å²) in [6, 6.07) is 12.0. The third-order valence-electron chi connectivity index (χ3n) is 5.60. The molecule has 1 amide bonds. The molecule has 0 aliphatic carbocycles. The SMILES string of the molecule is Cc1ccc(CC(=O)N2CCCN(c3ncccc3-c3nc(C(C)C)no3)CC2)cc1. The zero-order valence-electron chi connectivity index (χ0n) is 18.4. The van der Waals surface area contributed by atoms with Crippen molar-refractivity contribution in [1.82, 2.24) is 20.0 Å². The van der Waals surface area contributed by atoms with Crippen molar-refractivity contribution >= 4 is 11.7 Å². The van der Waals surface area contributed by atoms with E-state index in [1.54, 1.807) is 6.20 Å². The zero-order valence-corrected chi connectivity index (χ0v) is 18.4. The second-order valence-electron chi connectivity index (χ2n) is 8.37. The highest BCUT2D eigenvalue weighted by atomic mass is 16.5. The van der Waals surface area contributed by atoms with E-state index in [-0.39, 0.29) is 11.8 Å². The third kappa shape index (κ3) is 4.93. The second kappa shape index (κ2) is 9.29. The molecular weight excluding hydrogens is 390 g/mol. The summed E-state index contributed by atoms with van der Waals surface area (Å²) in [6.45, 7) is 9.09. The minimum absolute atomic E-state index is 0.172. The van der Waals surface area contributed by atoms with Gasteiger partial charge in [0.25, 0.3) is 5.89 Å². The Balaban J connectivity index is 1.46. The molecule has 0 atom stereocenters. The number of pyridine rings is 1. The first-order valence-electron chi connectivity index (χ1n) is 10.9. The molecule has 1 saturated heterocycles. The van der Waals surface area contributed by atoms with Crippen LogP contribution in [0.5, 0.6) is 0 Å². The maximum atomic E-state index is 12.9. The highest BCUT2D eigenvalue weighted by molar-refractivity contribution is 5.79. The van der Waals surface area contributed by atoms with E-state index < -0.39 is 0 Å². The largest absolute Gasteiger partial charge is 0.354 e. The molecule has 31 heavy (non-hydrogen) atoms. The van der Waals surface area contributed by atoms with Crippen LogP contribution in [0.3, 0.4) is 0 Å². The van der Waals surface area contributed by atoms with Gasteiger partial charge in [0.2, 0.25) is 5.91 Å². The predicted octanol–water partition coefficient (Wildman–Crippen LogP) is 3.84. The van der Waals surface area contributed by atoms with Crippen LogP contribution in [-0.4, -0.2) is 52.1 Å². The van der Waals surface area contributed by atoms with Gasteiger partial charge in [-0.25, -0.2) is 4.98 Å². The number of nitrogens with zero attached hydrogens (tertiary/aromatic N) is 5. The molecule has 1 aliphatic rings. The van der Waals surface area contributed by atoms with Gasteiger partial charge in [0.15, 0.2) is 5.82 Å². The Kier molecular flexibility index (Phi) is 6.30. The van der Waals surface area contributed by atoms with E-state index in [0.29, 0.717) is 24.7 Å². The van der Waals surface area contributed by atoms with Crippen LogP contribution in [0, 0.1) is 6.92 Å². The lowest BCUT2D eigenvalue weighted by molar-refractivity contribution is -0.130. The summed E-state index contributed by atoms with van der Waals surface area (Å²) in [7, 11) is 0. The average Bonchev–Trinajstić information content (AvgIpc) is 3.14. The van der Waals surface area contributed by atoms with Crippen molar-refractivity contribution in [2.45, 2.75) is 39.5 Å². The Morgan fingerprint density at radius 2 is 1.90 bits per heavy atom. The lowest BCUT2D eigenvalue weighted by atomic mass is 10.1. The summed E-state index contributed by atoms with van der Waals surface area (Å²) < 4.78 is 5.52. The van der Waals surface area contributed by atoms with Crippen molar-refractivity contribution in [3.8, 4) is 11.5 Å². The van der Waals surface area contributed by atoms with Crippen LogP contribution in [0.25, 0.3) is 11.5 Å². The molecule has 1 fully saturated rings. The first-order valence-corrected chi connectivity index (χ1v) is 10.9. The fourth-order valence-electron chi connectivity index (χ4n) is 3.77. The summed E-state index contributed by atoms with van der Waals surface area (Å²) in [6.07, 6.45) is 3.11.